The Bertz CT molecular complexity index is 408. The summed E-state index contributed by atoms with van der Waals surface area (Å²) in [5.74, 6) is 1.00. The number of nitrogens with zero attached hydrogens (tertiary/aromatic N) is 2. The van der Waals surface area contributed by atoms with Gasteiger partial charge < -0.3 is 4.98 Å². The maximum atomic E-state index is 4.41. The van der Waals surface area contributed by atoms with Gasteiger partial charge in [-0.3, -0.25) is 0 Å². The minimum absolute atomic E-state index is 0.888. The van der Waals surface area contributed by atoms with Gasteiger partial charge in [0.25, 0.3) is 0 Å². The number of halogens is 1. The van der Waals surface area contributed by atoms with Crippen LogP contribution in [-0.2, 0) is 6.42 Å². The largest absolute Gasteiger partial charge is 0.327 e. The fourth-order valence-corrected chi connectivity index (χ4v) is 1.63. The van der Waals surface area contributed by atoms with Gasteiger partial charge in [0.1, 0.15) is 11.3 Å². The number of rotatable bonds is 1. The summed E-state index contributed by atoms with van der Waals surface area (Å²) in [5, 5.41) is 0. The molecule has 0 aliphatic heterocycles. The number of aromatic amines is 1. The molecule has 12 heavy (non-hydrogen) atoms. The number of imidazole rings is 1. The van der Waals surface area contributed by atoms with Crippen LogP contribution in [0.4, 0.5) is 0 Å². The highest BCUT2D eigenvalue weighted by molar-refractivity contribution is 14.1. The van der Waals surface area contributed by atoms with Crippen molar-refractivity contribution < 1.29 is 0 Å². The number of fused-ring (bicyclic) bond motifs is 1. The first-order chi connectivity index (χ1) is 5.81. The molecule has 0 saturated carbocycles. The predicted octanol–water partition coefficient (Wildman–Crippen LogP) is 2.12. The topological polar surface area (TPSA) is 41.6 Å². The molecular formula is C8H8IN3. The molecule has 0 aliphatic rings. The second-order valence-electron chi connectivity index (χ2n) is 2.53. The van der Waals surface area contributed by atoms with Crippen molar-refractivity contribution in [2.24, 2.45) is 0 Å². The molecule has 0 atom stereocenters. The second kappa shape index (κ2) is 3.01. The predicted molar refractivity (Wildman–Crippen MR) is 56.0 cm³/mol. The van der Waals surface area contributed by atoms with Gasteiger partial charge >= 0.3 is 0 Å². The minimum Gasteiger partial charge on any atom is -0.327 e. The Morgan fingerprint density at radius 1 is 1.58 bits per heavy atom. The first-order valence-corrected chi connectivity index (χ1v) is 4.88. The summed E-state index contributed by atoms with van der Waals surface area (Å²) in [6.45, 7) is 2.07. The SMILES string of the molecule is CCc1nc2c(I)ccnc2[nH]1. The Kier molecular flexibility index (Phi) is 2.00. The van der Waals surface area contributed by atoms with E-state index in [-0.39, 0.29) is 0 Å². The van der Waals surface area contributed by atoms with Gasteiger partial charge in [-0.2, -0.15) is 0 Å². The van der Waals surface area contributed by atoms with E-state index in [2.05, 4.69) is 44.5 Å². The molecular weight excluding hydrogens is 265 g/mol. The van der Waals surface area contributed by atoms with Gasteiger partial charge in [0.05, 0.1) is 0 Å². The molecule has 3 nitrogen and oxygen atoms in total. The van der Waals surface area contributed by atoms with Crippen molar-refractivity contribution in [3.63, 3.8) is 0 Å². The van der Waals surface area contributed by atoms with Crippen LogP contribution in [0.5, 0.6) is 0 Å². The van der Waals surface area contributed by atoms with E-state index in [9.17, 15) is 0 Å². The summed E-state index contributed by atoms with van der Waals surface area (Å²) >= 11 is 2.27. The molecule has 1 N–H and O–H groups in total. The molecule has 2 aromatic rings. The van der Waals surface area contributed by atoms with Crippen LogP contribution in [0.25, 0.3) is 11.2 Å². The highest BCUT2D eigenvalue weighted by Crippen LogP contribution is 2.15. The standard InChI is InChI=1S/C8H8IN3/c1-2-6-11-7-5(9)3-4-10-8(7)12-6/h3-4H,2H2,1H3,(H,10,11,12). The molecule has 0 radical (unpaired) electrons. The lowest BCUT2D eigenvalue weighted by Crippen LogP contribution is -1.80. The highest BCUT2D eigenvalue weighted by atomic mass is 127. The van der Waals surface area contributed by atoms with Crippen molar-refractivity contribution in [3.05, 3.63) is 21.7 Å². The lowest BCUT2D eigenvalue weighted by molar-refractivity contribution is 0.997. The van der Waals surface area contributed by atoms with Gasteiger partial charge in [0, 0.05) is 16.2 Å². The third-order valence-electron chi connectivity index (χ3n) is 1.72. The molecule has 0 fully saturated rings. The van der Waals surface area contributed by atoms with Crippen LogP contribution in [0, 0.1) is 3.57 Å². The van der Waals surface area contributed by atoms with Crippen molar-refractivity contribution in [1.29, 1.82) is 0 Å². The van der Waals surface area contributed by atoms with E-state index < -0.39 is 0 Å². The molecule has 2 rings (SSSR count). The smallest absolute Gasteiger partial charge is 0.158 e. The molecule has 0 bridgehead atoms. The van der Waals surface area contributed by atoms with Crippen LogP contribution in [0.3, 0.4) is 0 Å². The first kappa shape index (κ1) is 7.97. The Hall–Kier alpha value is -0.650. The quantitative estimate of drug-likeness (QED) is 0.809. The van der Waals surface area contributed by atoms with Crippen LogP contribution in [-0.4, -0.2) is 15.0 Å². The zero-order chi connectivity index (χ0) is 8.55. The van der Waals surface area contributed by atoms with Crippen molar-refractivity contribution in [2.45, 2.75) is 13.3 Å². The third-order valence-corrected chi connectivity index (χ3v) is 2.59. The summed E-state index contributed by atoms with van der Waals surface area (Å²) in [5.41, 5.74) is 1.87. The lowest BCUT2D eigenvalue weighted by atomic mass is 10.4. The number of H-pyrrole nitrogens is 1. The summed E-state index contributed by atoms with van der Waals surface area (Å²) in [6, 6.07) is 1.96. The molecule has 0 aromatic carbocycles. The average molecular weight is 273 g/mol. The molecule has 2 heterocycles. The van der Waals surface area contributed by atoms with Gasteiger partial charge in [-0.15, -0.1) is 0 Å². The summed E-state index contributed by atoms with van der Waals surface area (Å²) in [7, 11) is 0. The van der Waals surface area contributed by atoms with E-state index in [0.717, 1.165) is 27.0 Å². The van der Waals surface area contributed by atoms with Gasteiger partial charge in [0.15, 0.2) is 5.65 Å². The van der Waals surface area contributed by atoms with Crippen LogP contribution >= 0.6 is 22.6 Å². The number of pyridine rings is 1. The zero-order valence-electron chi connectivity index (χ0n) is 6.63. The molecule has 4 heteroatoms. The number of aryl methyl sites for hydroxylation is 1. The highest BCUT2D eigenvalue weighted by Gasteiger charge is 2.03. The van der Waals surface area contributed by atoms with Crippen LogP contribution in [0.2, 0.25) is 0 Å². The molecule has 62 valence electrons. The van der Waals surface area contributed by atoms with Gasteiger partial charge in [-0.1, -0.05) is 6.92 Å². The van der Waals surface area contributed by atoms with Gasteiger partial charge in [-0.05, 0) is 28.7 Å². The third kappa shape index (κ3) is 1.20. The number of hydrogen-bond acceptors (Lipinski definition) is 2. The van der Waals surface area contributed by atoms with E-state index >= 15 is 0 Å². The fraction of sp³-hybridized carbons (Fsp3) is 0.250. The van der Waals surface area contributed by atoms with Crippen molar-refractivity contribution in [2.75, 3.05) is 0 Å². The summed E-state index contributed by atoms with van der Waals surface area (Å²) in [6.07, 6.45) is 2.72. The Labute approximate surface area is 83.8 Å². The molecule has 0 saturated heterocycles. The summed E-state index contributed by atoms with van der Waals surface area (Å²) < 4.78 is 1.15. The maximum Gasteiger partial charge on any atom is 0.158 e. The van der Waals surface area contributed by atoms with E-state index in [4.69, 9.17) is 0 Å². The van der Waals surface area contributed by atoms with Crippen molar-refractivity contribution in [3.8, 4) is 0 Å². The number of aromatic nitrogens is 3. The van der Waals surface area contributed by atoms with Crippen molar-refractivity contribution >= 4 is 33.8 Å². The number of nitrogens with one attached hydrogen (secondary N) is 1. The van der Waals surface area contributed by atoms with Crippen LogP contribution in [0.1, 0.15) is 12.7 Å². The fourth-order valence-electron chi connectivity index (χ4n) is 1.10. The van der Waals surface area contributed by atoms with Crippen LogP contribution < -0.4 is 0 Å². The molecule has 2 aromatic heterocycles. The molecule has 0 amide bonds. The zero-order valence-corrected chi connectivity index (χ0v) is 8.79. The Balaban J connectivity index is 2.74. The molecule has 0 aliphatic carbocycles. The van der Waals surface area contributed by atoms with Crippen LogP contribution in [0.15, 0.2) is 12.3 Å². The lowest BCUT2D eigenvalue weighted by Gasteiger charge is -1.87. The maximum absolute atomic E-state index is 4.41. The molecule has 0 unspecified atom stereocenters. The minimum atomic E-state index is 0.888. The second-order valence-corrected chi connectivity index (χ2v) is 3.69. The average Bonchev–Trinajstić information content (AvgIpc) is 2.49. The molecule has 0 spiro atoms. The Morgan fingerprint density at radius 2 is 2.42 bits per heavy atom. The van der Waals surface area contributed by atoms with Gasteiger partial charge in [0.2, 0.25) is 0 Å². The van der Waals surface area contributed by atoms with E-state index in [1.807, 2.05) is 6.07 Å². The first-order valence-electron chi connectivity index (χ1n) is 3.80. The monoisotopic (exact) mass is 273 g/mol. The van der Waals surface area contributed by atoms with E-state index in [1.54, 1.807) is 6.20 Å². The van der Waals surface area contributed by atoms with Gasteiger partial charge in [-0.25, -0.2) is 9.97 Å². The van der Waals surface area contributed by atoms with E-state index in [0.29, 0.717) is 0 Å². The van der Waals surface area contributed by atoms with Crippen molar-refractivity contribution in [1.82, 2.24) is 15.0 Å². The number of hydrogen-bond donors (Lipinski definition) is 1. The Morgan fingerprint density at radius 3 is 3.08 bits per heavy atom. The summed E-state index contributed by atoms with van der Waals surface area (Å²) in [4.78, 5) is 11.8. The van der Waals surface area contributed by atoms with E-state index in [1.165, 1.54) is 0 Å². The normalized spacial score (nSPS) is 10.8.